The Morgan fingerprint density at radius 2 is 1.62 bits per heavy atom. The molecule has 1 N–H and O–H groups in total. The zero-order valence-electron chi connectivity index (χ0n) is 14.6. The molecule has 2 atom stereocenters. The van der Waals surface area contributed by atoms with Gasteiger partial charge in [-0.1, -0.05) is 39.8 Å². The molecule has 0 saturated carbocycles. The van der Waals surface area contributed by atoms with Crippen LogP contribution < -0.4 is 5.32 Å². The Bertz CT molecular complexity index is 332. The van der Waals surface area contributed by atoms with Crippen molar-refractivity contribution in [3.63, 3.8) is 0 Å². The average molecular weight is 301 g/mol. The van der Waals surface area contributed by atoms with E-state index in [1.54, 1.807) is 32.9 Å². The first-order valence-corrected chi connectivity index (χ1v) is 7.57. The van der Waals surface area contributed by atoms with Gasteiger partial charge in [0.1, 0.15) is 5.60 Å². The van der Waals surface area contributed by atoms with E-state index in [-0.39, 0.29) is 17.9 Å². The molecule has 1 rings (SSSR count). The molecule has 0 bridgehead atoms. The Balaban J connectivity index is 0. The number of hydrogen-bond acceptors (Lipinski definition) is 4. The van der Waals surface area contributed by atoms with Crippen LogP contribution in [0.2, 0.25) is 0 Å². The van der Waals surface area contributed by atoms with E-state index in [1.165, 1.54) is 7.11 Å². The SMILES string of the molecule is CC.CC.COC(=O)C1C=CC(NC(=O)OC(C)(C)C)C1. The highest BCUT2D eigenvalue weighted by molar-refractivity contribution is 5.75. The molecule has 2 unspecified atom stereocenters. The highest BCUT2D eigenvalue weighted by Crippen LogP contribution is 2.19. The van der Waals surface area contributed by atoms with Crippen LogP contribution in [0, 0.1) is 5.92 Å². The Kier molecular flexibility index (Phi) is 11.6. The van der Waals surface area contributed by atoms with Gasteiger partial charge in [0.2, 0.25) is 0 Å². The third-order valence-corrected chi connectivity index (χ3v) is 2.29. The third kappa shape index (κ3) is 9.93. The van der Waals surface area contributed by atoms with E-state index in [1.807, 2.05) is 27.7 Å². The fourth-order valence-electron chi connectivity index (χ4n) is 1.59. The number of carbonyl (C=O) groups excluding carboxylic acids is 2. The summed E-state index contributed by atoms with van der Waals surface area (Å²) in [7, 11) is 1.35. The van der Waals surface area contributed by atoms with Crippen molar-refractivity contribution in [3.8, 4) is 0 Å². The van der Waals surface area contributed by atoms with Crippen molar-refractivity contribution >= 4 is 12.1 Å². The van der Waals surface area contributed by atoms with Gasteiger partial charge in [0.15, 0.2) is 0 Å². The molecule has 1 amide bonds. The summed E-state index contributed by atoms with van der Waals surface area (Å²) in [6, 6.07) is -0.172. The third-order valence-electron chi connectivity index (χ3n) is 2.29. The molecule has 5 nitrogen and oxygen atoms in total. The molecule has 1 aliphatic rings. The van der Waals surface area contributed by atoms with Crippen molar-refractivity contribution in [2.45, 2.75) is 66.5 Å². The van der Waals surface area contributed by atoms with Crippen molar-refractivity contribution in [1.82, 2.24) is 5.32 Å². The summed E-state index contributed by atoms with van der Waals surface area (Å²) in [4.78, 5) is 22.7. The van der Waals surface area contributed by atoms with Crippen LogP contribution in [0.4, 0.5) is 4.79 Å². The number of esters is 1. The average Bonchev–Trinajstić information content (AvgIpc) is 2.88. The Morgan fingerprint density at radius 1 is 1.10 bits per heavy atom. The molecular weight excluding hydrogens is 270 g/mol. The van der Waals surface area contributed by atoms with Crippen LogP contribution in [0.1, 0.15) is 54.9 Å². The number of amides is 1. The van der Waals surface area contributed by atoms with Crippen LogP contribution in [-0.2, 0) is 14.3 Å². The number of alkyl carbamates (subject to hydrolysis) is 1. The molecule has 0 aromatic carbocycles. The maximum Gasteiger partial charge on any atom is 0.408 e. The Hall–Kier alpha value is -1.52. The highest BCUT2D eigenvalue weighted by atomic mass is 16.6. The van der Waals surface area contributed by atoms with Gasteiger partial charge in [-0.2, -0.15) is 0 Å². The van der Waals surface area contributed by atoms with Gasteiger partial charge in [0.25, 0.3) is 0 Å². The minimum atomic E-state index is -0.520. The minimum Gasteiger partial charge on any atom is -0.469 e. The number of ether oxygens (including phenoxy) is 2. The zero-order valence-corrected chi connectivity index (χ0v) is 14.6. The molecular formula is C16H31NO4. The second-order valence-electron chi connectivity index (χ2n) is 5.00. The zero-order chi connectivity index (χ0) is 17.1. The summed E-state index contributed by atoms with van der Waals surface area (Å²) in [5.74, 6) is -0.560. The smallest absolute Gasteiger partial charge is 0.408 e. The molecule has 0 radical (unpaired) electrons. The topological polar surface area (TPSA) is 64.6 Å². The lowest BCUT2D eigenvalue weighted by Gasteiger charge is -2.21. The molecule has 0 aromatic heterocycles. The lowest BCUT2D eigenvalue weighted by molar-refractivity contribution is -0.143. The van der Waals surface area contributed by atoms with Crippen LogP contribution >= 0.6 is 0 Å². The first-order chi connectivity index (χ1) is 9.81. The lowest BCUT2D eigenvalue weighted by Crippen LogP contribution is -2.38. The van der Waals surface area contributed by atoms with Gasteiger partial charge >= 0.3 is 12.1 Å². The van der Waals surface area contributed by atoms with Crippen molar-refractivity contribution < 1.29 is 19.1 Å². The van der Waals surface area contributed by atoms with Gasteiger partial charge < -0.3 is 14.8 Å². The van der Waals surface area contributed by atoms with E-state index in [2.05, 4.69) is 10.1 Å². The standard InChI is InChI=1S/C12H19NO4.2C2H6/c1-12(2,3)17-11(15)13-9-6-5-8(7-9)10(14)16-4;2*1-2/h5-6,8-9H,7H2,1-4H3,(H,13,15);2*1-2H3. The molecule has 0 heterocycles. The predicted octanol–water partition coefficient (Wildman–Crippen LogP) is 3.68. The first-order valence-electron chi connectivity index (χ1n) is 7.57. The summed E-state index contributed by atoms with van der Waals surface area (Å²) in [6.07, 6.45) is 3.57. The highest BCUT2D eigenvalue weighted by Gasteiger charge is 2.27. The largest absolute Gasteiger partial charge is 0.469 e. The van der Waals surface area contributed by atoms with Crippen LogP contribution in [0.3, 0.4) is 0 Å². The van der Waals surface area contributed by atoms with Crippen molar-refractivity contribution in [1.29, 1.82) is 0 Å². The van der Waals surface area contributed by atoms with Crippen LogP contribution in [0.25, 0.3) is 0 Å². The van der Waals surface area contributed by atoms with Gasteiger partial charge in [-0.3, -0.25) is 4.79 Å². The fourth-order valence-corrected chi connectivity index (χ4v) is 1.59. The number of carbonyl (C=O) groups is 2. The molecule has 0 fully saturated rings. The summed E-state index contributed by atoms with van der Waals surface area (Å²) in [6.45, 7) is 13.4. The van der Waals surface area contributed by atoms with E-state index in [4.69, 9.17) is 4.74 Å². The molecule has 21 heavy (non-hydrogen) atoms. The van der Waals surface area contributed by atoms with E-state index in [0.29, 0.717) is 6.42 Å². The van der Waals surface area contributed by atoms with Gasteiger partial charge in [-0.15, -0.1) is 0 Å². The second-order valence-corrected chi connectivity index (χ2v) is 5.00. The van der Waals surface area contributed by atoms with Gasteiger partial charge in [-0.05, 0) is 27.2 Å². The number of hydrogen-bond donors (Lipinski definition) is 1. The van der Waals surface area contributed by atoms with Gasteiger partial charge in [0.05, 0.1) is 19.1 Å². The molecule has 0 aromatic rings. The number of rotatable bonds is 2. The summed E-state index contributed by atoms with van der Waals surface area (Å²) < 4.78 is 9.76. The van der Waals surface area contributed by atoms with E-state index < -0.39 is 11.7 Å². The maximum atomic E-state index is 11.5. The van der Waals surface area contributed by atoms with Crippen LogP contribution in [0.15, 0.2) is 12.2 Å². The summed E-state index contributed by atoms with van der Waals surface area (Å²) in [5, 5.41) is 2.69. The monoisotopic (exact) mass is 301 g/mol. The predicted molar refractivity (Wildman–Crippen MR) is 85.1 cm³/mol. The molecule has 0 saturated heterocycles. The quantitative estimate of drug-likeness (QED) is 0.624. The van der Waals surface area contributed by atoms with Gasteiger partial charge in [-0.25, -0.2) is 4.79 Å². The normalized spacial score (nSPS) is 19.4. The maximum absolute atomic E-state index is 11.5. The summed E-state index contributed by atoms with van der Waals surface area (Å²) >= 11 is 0. The van der Waals surface area contributed by atoms with E-state index >= 15 is 0 Å². The Morgan fingerprint density at radius 3 is 2.05 bits per heavy atom. The van der Waals surface area contributed by atoms with Crippen molar-refractivity contribution in [2.24, 2.45) is 5.92 Å². The number of methoxy groups -OCH3 is 1. The summed E-state index contributed by atoms with van der Waals surface area (Å²) in [5.41, 5.74) is -0.520. The van der Waals surface area contributed by atoms with Crippen LogP contribution in [-0.4, -0.2) is 30.8 Å². The molecule has 0 aliphatic heterocycles. The molecule has 1 aliphatic carbocycles. The minimum absolute atomic E-state index is 0.172. The molecule has 124 valence electrons. The van der Waals surface area contributed by atoms with E-state index in [0.717, 1.165) is 0 Å². The van der Waals surface area contributed by atoms with Crippen molar-refractivity contribution in [2.75, 3.05) is 7.11 Å². The Labute approximate surface area is 129 Å². The lowest BCUT2D eigenvalue weighted by atomic mass is 10.1. The first kappa shape index (κ1) is 21.8. The van der Waals surface area contributed by atoms with Crippen molar-refractivity contribution in [3.05, 3.63) is 12.2 Å². The van der Waals surface area contributed by atoms with Crippen LogP contribution in [0.5, 0.6) is 0 Å². The second kappa shape index (κ2) is 11.2. The molecule has 5 heteroatoms. The van der Waals surface area contributed by atoms with Gasteiger partial charge in [0, 0.05) is 0 Å². The molecule has 0 spiro atoms. The number of nitrogens with one attached hydrogen (secondary N) is 1. The van der Waals surface area contributed by atoms with E-state index in [9.17, 15) is 9.59 Å². The fraction of sp³-hybridized carbons (Fsp3) is 0.750.